The van der Waals surface area contributed by atoms with Crippen molar-refractivity contribution in [3.8, 4) is 0 Å². The van der Waals surface area contributed by atoms with Crippen LogP contribution in [0, 0.1) is 0 Å². The first-order chi connectivity index (χ1) is 4.61. The summed E-state index contributed by atoms with van der Waals surface area (Å²) in [6, 6.07) is 0. The van der Waals surface area contributed by atoms with Crippen molar-refractivity contribution in [2.24, 2.45) is 0 Å². The molecule has 1 heterocycles. The minimum Gasteiger partial charge on any atom is -0.390 e. The lowest BCUT2D eigenvalue weighted by Gasteiger charge is -2.31. The highest BCUT2D eigenvalue weighted by Gasteiger charge is 2.34. The van der Waals surface area contributed by atoms with E-state index in [1.165, 1.54) is 0 Å². The number of hydrogen-bond acceptors (Lipinski definition) is 5. The highest BCUT2D eigenvalue weighted by atomic mass is 16.7. The van der Waals surface area contributed by atoms with Crippen LogP contribution in [0.1, 0.15) is 6.42 Å². The second-order valence-corrected chi connectivity index (χ2v) is 2.27. The fraction of sp³-hybridized carbons (Fsp3) is 1.00. The van der Waals surface area contributed by atoms with Gasteiger partial charge in [0.25, 0.3) is 0 Å². The van der Waals surface area contributed by atoms with Crippen LogP contribution >= 0.6 is 0 Å². The quantitative estimate of drug-likeness (QED) is 0.313. The minimum absolute atomic E-state index is 0.0712. The van der Waals surface area contributed by atoms with Crippen molar-refractivity contribution in [2.45, 2.75) is 31.2 Å². The molecule has 0 radical (unpaired) electrons. The highest BCUT2D eigenvalue weighted by Crippen LogP contribution is 2.16. The fourth-order valence-corrected chi connectivity index (χ4v) is 0.833. The van der Waals surface area contributed by atoms with Crippen molar-refractivity contribution in [3.63, 3.8) is 0 Å². The molecule has 1 aliphatic rings. The van der Waals surface area contributed by atoms with Gasteiger partial charge in [0.2, 0.25) is 0 Å². The van der Waals surface area contributed by atoms with E-state index in [1.807, 2.05) is 0 Å². The molecule has 0 aromatic heterocycles. The molecule has 0 bridgehead atoms. The molecule has 0 aromatic carbocycles. The lowest BCUT2D eigenvalue weighted by molar-refractivity contribution is -0.293. The number of ether oxygens (including phenoxy) is 1. The molecule has 5 nitrogen and oxygen atoms in total. The fourth-order valence-electron chi connectivity index (χ4n) is 0.833. The zero-order valence-corrected chi connectivity index (χ0v) is 5.21. The summed E-state index contributed by atoms with van der Waals surface area (Å²) in [5.41, 5.74) is 0. The topological polar surface area (TPSA) is 90.2 Å². The van der Waals surface area contributed by atoms with Gasteiger partial charge in [0.05, 0.1) is 6.10 Å². The Morgan fingerprint density at radius 2 is 1.70 bits per heavy atom. The maximum Gasteiger partial charge on any atom is 0.186 e. The van der Waals surface area contributed by atoms with Crippen LogP contribution in [0.3, 0.4) is 0 Å². The summed E-state index contributed by atoms with van der Waals surface area (Å²) in [7, 11) is 0. The summed E-state index contributed by atoms with van der Waals surface area (Å²) in [6.07, 6.45) is -5.17. The summed E-state index contributed by atoms with van der Waals surface area (Å²) in [5.74, 6) is 0. The van der Waals surface area contributed by atoms with Gasteiger partial charge in [-0.1, -0.05) is 0 Å². The third-order valence-corrected chi connectivity index (χ3v) is 1.43. The SMILES string of the molecule is OC1C[C@@H](O)[C@@H](O)[C@@H](O)O1. The molecular formula is C5H10O5. The Kier molecular flexibility index (Phi) is 2.22. The molecule has 0 amide bonds. The molecule has 1 aliphatic heterocycles. The number of rotatable bonds is 0. The molecule has 4 atom stereocenters. The lowest BCUT2D eigenvalue weighted by Crippen LogP contribution is -2.47. The zero-order chi connectivity index (χ0) is 7.72. The second kappa shape index (κ2) is 2.81. The first-order valence-electron chi connectivity index (χ1n) is 2.99. The maximum absolute atomic E-state index is 8.87. The molecule has 10 heavy (non-hydrogen) atoms. The van der Waals surface area contributed by atoms with Crippen LogP contribution in [0.5, 0.6) is 0 Å². The van der Waals surface area contributed by atoms with Gasteiger partial charge >= 0.3 is 0 Å². The molecule has 1 unspecified atom stereocenters. The van der Waals surface area contributed by atoms with Gasteiger partial charge in [-0.3, -0.25) is 0 Å². The van der Waals surface area contributed by atoms with Gasteiger partial charge in [-0.05, 0) is 0 Å². The Morgan fingerprint density at radius 3 is 2.20 bits per heavy atom. The molecule has 1 saturated heterocycles. The van der Waals surface area contributed by atoms with E-state index in [9.17, 15) is 0 Å². The van der Waals surface area contributed by atoms with Gasteiger partial charge < -0.3 is 25.2 Å². The average molecular weight is 150 g/mol. The summed E-state index contributed by atoms with van der Waals surface area (Å²) in [6.45, 7) is 0. The molecule has 0 aliphatic carbocycles. The summed E-state index contributed by atoms with van der Waals surface area (Å²) < 4.78 is 4.37. The van der Waals surface area contributed by atoms with Crippen LogP contribution in [0.25, 0.3) is 0 Å². The van der Waals surface area contributed by atoms with Crippen LogP contribution in [-0.2, 0) is 4.74 Å². The van der Waals surface area contributed by atoms with E-state index in [1.54, 1.807) is 0 Å². The maximum atomic E-state index is 8.87. The predicted molar refractivity (Wildman–Crippen MR) is 29.7 cm³/mol. The predicted octanol–water partition coefficient (Wildman–Crippen LogP) is -2.23. The summed E-state index contributed by atoms with van der Waals surface area (Å²) in [5, 5.41) is 35.1. The number of aliphatic hydroxyl groups excluding tert-OH is 4. The highest BCUT2D eigenvalue weighted by molar-refractivity contribution is 4.75. The third-order valence-electron chi connectivity index (χ3n) is 1.43. The standard InChI is InChI=1S/C5H10O5/c6-2-1-3(7)10-5(9)4(2)8/h2-9H,1H2/t2-,3?,4-,5+/m1/s1. The van der Waals surface area contributed by atoms with Crippen LogP contribution in [0.2, 0.25) is 0 Å². The molecule has 1 rings (SSSR count). The smallest absolute Gasteiger partial charge is 0.186 e. The molecule has 5 heteroatoms. The monoisotopic (exact) mass is 150 g/mol. The number of hydrogen-bond donors (Lipinski definition) is 4. The first-order valence-corrected chi connectivity index (χ1v) is 2.99. The van der Waals surface area contributed by atoms with Gasteiger partial charge in [0.1, 0.15) is 6.10 Å². The van der Waals surface area contributed by atoms with Crippen LogP contribution in [0.4, 0.5) is 0 Å². The van der Waals surface area contributed by atoms with Crippen molar-refractivity contribution >= 4 is 0 Å². The zero-order valence-electron chi connectivity index (χ0n) is 5.21. The molecule has 4 N–H and O–H groups in total. The van der Waals surface area contributed by atoms with Crippen molar-refractivity contribution in [3.05, 3.63) is 0 Å². The van der Waals surface area contributed by atoms with Crippen LogP contribution in [0.15, 0.2) is 0 Å². The van der Waals surface area contributed by atoms with E-state index in [0.717, 1.165) is 0 Å². The van der Waals surface area contributed by atoms with Gasteiger partial charge in [-0.15, -0.1) is 0 Å². The van der Waals surface area contributed by atoms with E-state index in [4.69, 9.17) is 20.4 Å². The Hall–Kier alpha value is -0.200. The summed E-state index contributed by atoms with van der Waals surface area (Å²) >= 11 is 0. The molecule has 1 fully saturated rings. The third kappa shape index (κ3) is 1.44. The Bertz CT molecular complexity index is 105. The second-order valence-electron chi connectivity index (χ2n) is 2.27. The van der Waals surface area contributed by atoms with E-state index >= 15 is 0 Å². The van der Waals surface area contributed by atoms with Crippen molar-refractivity contribution in [1.82, 2.24) is 0 Å². The Morgan fingerprint density at radius 1 is 1.10 bits per heavy atom. The largest absolute Gasteiger partial charge is 0.390 e. The van der Waals surface area contributed by atoms with Crippen LogP contribution in [-0.4, -0.2) is 45.2 Å². The van der Waals surface area contributed by atoms with Crippen molar-refractivity contribution in [2.75, 3.05) is 0 Å². The molecule has 0 spiro atoms. The summed E-state index contributed by atoms with van der Waals surface area (Å²) in [4.78, 5) is 0. The molecule has 60 valence electrons. The van der Waals surface area contributed by atoms with Crippen molar-refractivity contribution < 1.29 is 25.2 Å². The van der Waals surface area contributed by atoms with Gasteiger partial charge in [0.15, 0.2) is 12.6 Å². The molecule has 0 saturated carbocycles. The minimum atomic E-state index is -1.49. The average Bonchev–Trinajstić information content (AvgIpc) is 1.82. The normalized spacial score (nSPS) is 49.2. The molecular weight excluding hydrogens is 140 g/mol. The number of aliphatic hydroxyl groups is 4. The van der Waals surface area contributed by atoms with Gasteiger partial charge in [-0.25, -0.2) is 0 Å². The van der Waals surface area contributed by atoms with Crippen LogP contribution < -0.4 is 0 Å². The van der Waals surface area contributed by atoms with Gasteiger partial charge in [-0.2, -0.15) is 0 Å². The Labute approximate surface area is 57.5 Å². The Balaban J connectivity index is 2.49. The van der Waals surface area contributed by atoms with Crippen molar-refractivity contribution in [1.29, 1.82) is 0 Å². The van der Waals surface area contributed by atoms with Gasteiger partial charge in [0, 0.05) is 6.42 Å². The van der Waals surface area contributed by atoms with E-state index in [-0.39, 0.29) is 6.42 Å². The van der Waals surface area contributed by atoms with E-state index in [0.29, 0.717) is 0 Å². The van der Waals surface area contributed by atoms with E-state index in [2.05, 4.69) is 4.74 Å². The lowest BCUT2D eigenvalue weighted by atomic mass is 10.1. The molecule has 0 aromatic rings. The van der Waals surface area contributed by atoms with E-state index < -0.39 is 24.8 Å². The first kappa shape index (κ1) is 7.90.